The minimum atomic E-state index is 0.178. The predicted octanol–water partition coefficient (Wildman–Crippen LogP) is 3.26. The van der Waals surface area contributed by atoms with Gasteiger partial charge in [-0.3, -0.25) is 4.79 Å². The molecule has 0 radical (unpaired) electrons. The summed E-state index contributed by atoms with van der Waals surface area (Å²) in [5.74, 6) is 0.178. The highest BCUT2D eigenvalue weighted by atomic mass is 35.5. The fraction of sp³-hybridized carbons (Fsp3) is 0.588. The summed E-state index contributed by atoms with van der Waals surface area (Å²) in [5.41, 5.74) is 0.918. The van der Waals surface area contributed by atoms with Crippen LogP contribution in [0.15, 0.2) is 24.3 Å². The quantitative estimate of drug-likeness (QED) is 0.875. The number of carbonyl (C=O) groups is 1. The number of carbonyl (C=O) groups excluding carboxylic acids is 1. The van der Waals surface area contributed by atoms with Crippen molar-refractivity contribution in [3.05, 3.63) is 34.9 Å². The summed E-state index contributed by atoms with van der Waals surface area (Å²) in [4.78, 5) is 14.6. The van der Waals surface area contributed by atoms with E-state index in [2.05, 4.69) is 12.2 Å². The Hall–Kier alpha value is -1.06. The molecule has 1 aromatic carbocycles. The third-order valence-corrected chi connectivity index (χ3v) is 4.37. The van der Waals surface area contributed by atoms with Crippen molar-refractivity contribution in [3.8, 4) is 0 Å². The van der Waals surface area contributed by atoms with Crippen LogP contribution in [-0.2, 0) is 11.2 Å². The van der Waals surface area contributed by atoms with Gasteiger partial charge in [0, 0.05) is 24.2 Å². The molecule has 2 rings (SSSR count). The van der Waals surface area contributed by atoms with Crippen LogP contribution in [0.5, 0.6) is 0 Å². The maximum atomic E-state index is 12.6. The number of rotatable bonds is 6. The third kappa shape index (κ3) is 5.01. The Kier molecular flexibility index (Phi) is 6.52. The molecule has 1 N–H and O–H groups in total. The summed E-state index contributed by atoms with van der Waals surface area (Å²) >= 11 is 6.16. The maximum absolute atomic E-state index is 12.6. The number of hydrogen-bond donors (Lipinski definition) is 1. The monoisotopic (exact) mass is 308 g/mol. The van der Waals surface area contributed by atoms with Crippen LogP contribution in [0.25, 0.3) is 0 Å². The van der Waals surface area contributed by atoms with Crippen molar-refractivity contribution >= 4 is 17.5 Å². The first-order chi connectivity index (χ1) is 10.2. The van der Waals surface area contributed by atoms with Gasteiger partial charge in [-0.25, -0.2) is 0 Å². The van der Waals surface area contributed by atoms with Gasteiger partial charge in [-0.2, -0.15) is 0 Å². The summed E-state index contributed by atoms with van der Waals surface area (Å²) in [7, 11) is 0. The number of nitrogens with zero attached hydrogens (tertiary/aromatic N) is 1. The second kappa shape index (κ2) is 8.40. The van der Waals surface area contributed by atoms with Gasteiger partial charge >= 0.3 is 0 Å². The lowest BCUT2D eigenvalue weighted by Crippen LogP contribution is -2.46. The smallest absolute Gasteiger partial charge is 0.227 e. The van der Waals surface area contributed by atoms with E-state index in [0.717, 1.165) is 31.6 Å². The van der Waals surface area contributed by atoms with E-state index in [1.165, 1.54) is 19.3 Å². The Labute approximate surface area is 132 Å². The molecule has 3 nitrogen and oxygen atoms in total. The van der Waals surface area contributed by atoms with E-state index >= 15 is 0 Å². The summed E-state index contributed by atoms with van der Waals surface area (Å²) in [5, 5.41) is 4.20. The van der Waals surface area contributed by atoms with Gasteiger partial charge in [0.2, 0.25) is 5.91 Å². The molecule has 0 aromatic heterocycles. The van der Waals surface area contributed by atoms with Crippen molar-refractivity contribution in [3.63, 3.8) is 0 Å². The Morgan fingerprint density at radius 1 is 1.38 bits per heavy atom. The summed E-state index contributed by atoms with van der Waals surface area (Å²) < 4.78 is 0. The Balaban J connectivity index is 1.96. The lowest BCUT2D eigenvalue weighted by Gasteiger charge is -2.30. The molecular weight excluding hydrogens is 284 g/mol. The Morgan fingerprint density at radius 2 is 2.19 bits per heavy atom. The van der Waals surface area contributed by atoms with E-state index in [1.54, 1.807) is 0 Å². The molecule has 21 heavy (non-hydrogen) atoms. The SMILES string of the molecule is CCCN(CC1CCCCN1)C(=O)Cc1ccccc1Cl. The lowest BCUT2D eigenvalue weighted by atomic mass is 10.0. The van der Waals surface area contributed by atoms with Crippen LogP contribution in [0.3, 0.4) is 0 Å². The zero-order valence-electron chi connectivity index (χ0n) is 12.8. The summed E-state index contributed by atoms with van der Waals surface area (Å²) in [6.45, 7) is 4.83. The van der Waals surface area contributed by atoms with Crippen LogP contribution in [0.1, 0.15) is 38.2 Å². The van der Waals surface area contributed by atoms with Crippen molar-refractivity contribution in [2.45, 2.75) is 45.1 Å². The molecule has 0 bridgehead atoms. The molecule has 0 spiro atoms. The molecule has 1 aromatic rings. The normalized spacial score (nSPS) is 18.5. The Morgan fingerprint density at radius 3 is 2.86 bits per heavy atom. The molecule has 1 atom stereocenters. The van der Waals surface area contributed by atoms with Gasteiger partial charge in [0.15, 0.2) is 0 Å². The lowest BCUT2D eigenvalue weighted by molar-refractivity contribution is -0.131. The van der Waals surface area contributed by atoms with Gasteiger partial charge in [0.1, 0.15) is 0 Å². The van der Waals surface area contributed by atoms with Gasteiger partial charge in [-0.1, -0.05) is 43.1 Å². The van der Waals surface area contributed by atoms with Crippen molar-refractivity contribution in [1.82, 2.24) is 10.2 Å². The van der Waals surface area contributed by atoms with Gasteiger partial charge in [-0.05, 0) is 37.4 Å². The molecule has 1 aliphatic heterocycles. The first-order valence-corrected chi connectivity index (χ1v) is 8.33. The predicted molar refractivity (Wildman–Crippen MR) is 87.7 cm³/mol. The van der Waals surface area contributed by atoms with E-state index in [4.69, 9.17) is 11.6 Å². The van der Waals surface area contributed by atoms with E-state index in [0.29, 0.717) is 17.5 Å². The molecule has 0 saturated carbocycles. The van der Waals surface area contributed by atoms with Crippen molar-refractivity contribution in [2.24, 2.45) is 0 Å². The summed E-state index contributed by atoms with van der Waals surface area (Å²) in [6.07, 6.45) is 5.06. The molecule has 1 saturated heterocycles. The minimum Gasteiger partial charge on any atom is -0.341 e. The zero-order valence-corrected chi connectivity index (χ0v) is 13.5. The fourth-order valence-corrected chi connectivity index (χ4v) is 3.05. The Bertz CT molecular complexity index is 458. The highest BCUT2D eigenvalue weighted by Gasteiger charge is 2.20. The van der Waals surface area contributed by atoms with E-state index in [-0.39, 0.29) is 5.91 Å². The van der Waals surface area contributed by atoms with Crippen LogP contribution in [0.4, 0.5) is 0 Å². The number of amides is 1. The highest BCUT2D eigenvalue weighted by Crippen LogP contribution is 2.17. The van der Waals surface area contributed by atoms with Crippen molar-refractivity contribution < 1.29 is 4.79 Å². The van der Waals surface area contributed by atoms with Crippen LogP contribution < -0.4 is 5.32 Å². The second-order valence-corrected chi connectivity index (χ2v) is 6.16. The van der Waals surface area contributed by atoms with E-state index in [1.807, 2.05) is 29.2 Å². The third-order valence-electron chi connectivity index (χ3n) is 4.00. The largest absolute Gasteiger partial charge is 0.341 e. The van der Waals surface area contributed by atoms with Gasteiger partial charge in [0.25, 0.3) is 0 Å². The summed E-state index contributed by atoms with van der Waals surface area (Å²) in [6, 6.07) is 8.05. The number of benzene rings is 1. The number of halogens is 1. The highest BCUT2D eigenvalue weighted by molar-refractivity contribution is 6.31. The number of hydrogen-bond acceptors (Lipinski definition) is 2. The molecule has 1 heterocycles. The second-order valence-electron chi connectivity index (χ2n) is 5.75. The van der Waals surface area contributed by atoms with Gasteiger partial charge < -0.3 is 10.2 Å². The molecule has 1 fully saturated rings. The first kappa shape index (κ1) is 16.3. The standard InChI is InChI=1S/C17H25ClN2O/c1-2-11-20(13-15-8-5-6-10-19-15)17(21)12-14-7-3-4-9-16(14)18/h3-4,7,9,15,19H,2,5-6,8,10-13H2,1H3. The van der Waals surface area contributed by atoms with Crippen LogP contribution >= 0.6 is 11.6 Å². The first-order valence-electron chi connectivity index (χ1n) is 7.95. The van der Waals surface area contributed by atoms with Crippen LogP contribution in [0, 0.1) is 0 Å². The fourth-order valence-electron chi connectivity index (χ4n) is 2.85. The van der Waals surface area contributed by atoms with Gasteiger partial charge in [-0.15, -0.1) is 0 Å². The van der Waals surface area contributed by atoms with Crippen LogP contribution in [-0.4, -0.2) is 36.5 Å². The molecular formula is C17H25ClN2O. The molecule has 4 heteroatoms. The van der Waals surface area contributed by atoms with E-state index < -0.39 is 0 Å². The number of piperidine rings is 1. The molecule has 1 aliphatic rings. The molecule has 116 valence electrons. The van der Waals surface area contributed by atoms with E-state index in [9.17, 15) is 4.79 Å². The molecule has 0 aliphatic carbocycles. The maximum Gasteiger partial charge on any atom is 0.227 e. The van der Waals surface area contributed by atoms with Crippen LogP contribution in [0.2, 0.25) is 5.02 Å². The average molecular weight is 309 g/mol. The topological polar surface area (TPSA) is 32.3 Å². The van der Waals surface area contributed by atoms with Crippen molar-refractivity contribution in [2.75, 3.05) is 19.6 Å². The molecule has 1 unspecified atom stereocenters. The van der Waals surface area contributed by atoms with Gasteiger partial charge in [0.05, 0.1) is 6.42 Å². The van der Waals surface area contributed by atoms with Crippen molar-refractivity contribution in [1.29, 1.82) is 0 Å². The zero-order chi connectivity index (χ0) is 15.1. The average Bonchev–Trinajstić information content (AvgIpc) is 2.50. The number of nitrogens with one attached hydrogen (secondary N) is 1. The minimum absolute atomic E-state index is 0.178. The molecule has 1 amide bonds.